The number of alkyl halides is 3. The van der Waals surface area contributed by atoms with Crippen molar-refractivity contribution in [3.05, 3.63) is 59.2 Å². The number of anilines is 1. The first-order chi connectivity index (χ1) is 10.4. The SMILES string of the molecule is O=C(Nc1cccc(C(F)(F)F)c1)c1cc2sccc2cn1. The molecule has 0 fully saturated rings. The predicted octanol–water partition coefficient (Wildman–Crippen LogP) is 4.57. The van der Waals surface area contributed by atoms with E-state index in [2.05, 4.69) is 10.3 Å². The van der Waals surface area contributed by atoms with E-state index < -0.39 is 17.6 Å². The maximum Gasteiger partial charge on any atom is 0.416 e. The van der Waals surface area contributed by atoms with Gasteiger partial charge in [-0.25, -0.2) is 0 Å². The van der Waals surface area contributed by atoms with Crippen LogP contribution in [0.1, 0.15) is 16.1 Å². The average molecular weight is 322 g/mol. The van der Waals surface area contributed by atoms with Gasteiger partial charge in [0.1, 0.15) is 5.69 Å². The molecule has 22 heavy (non-hydrogen) atoms. The van der Waals surface area contributed by atoms with Crippen LogP contribution in [0.4, 0.5) is 18.9 Å². The fraction of sp³-hybridized carbons (Fsp3) is 0.0667. The minimum absolute atomic E-state index is 0.0768. The molecule has 0 atom stereocenters. The number of nitrogens with zero attached hydrogens (tertiary/aromatic N) is 1. The summed E-state index contributed by atoms with van der Waals surface area (Å²) in [4.78, 5) is 16.1. The Morgan fingerprint density at radius 3 is 2.77 bits per heavy atom. The van der Waals surface area contributed by atoms with Crippen molar-refractivity contribution in [2.24, 2.45) is 0 Å². The first kappa shape index (κ1) is 14.5. The molecule has 7 heteroatoms. The first-order valence-electron chi connectivity index (χ1n) is 6.25. The lowest BCUT2D eigenvalue weighted by Crippen LogP contribution is -2.14. The van der Waals surface area contributed by atoms with E-state index in [0.717, 1.165) is 22.2 Å². The van der Waals surface area contributed by atoms with E-state index >= 15 is 0 Å². The molecule has 112 valence electrons. The van der Waals surface area contributed by atoms with E-state index in [-0.39, 0.29) is 11.4 Å². The summed E-state index contributed by atoms with van der Waals surface area (Å²) < 4.78 is 38.8. The number of pyridine rings is 1. The van der Waals surface area contributed by atoms with Crippen LogP contribution in [0.25, 0.3) is 10.1 Å². The molecule has 0 saturated carbocycles. The molecule has 0 bridgehead atoms. The van der Waals surface area contributed by atoms with Crippen LogP contribution >= 0.6 is 11.3 Å². The highest BCUT2D eigenvalue weighted by Gasteiger charge is 2.30. The van der Waals surface area contributed by atoms with Gasteiger partial charge in [-0.05, 0) is 35.7 Å². The number of hydrogen-bond acceptors (Lipinski definition) is 3. The quantitative estimate of drug-likeness (QED) is 0.751. The number of carbonyl (C=O) groups is 1. The van der Waals surface area contributed by atoms with Crippen LogP contribution in [0, 0.1) is 0 Å². The van der Waals surface area contributed by atoms with Gasteiger partial charge in [-0.2, -0.15) is 13.2 Å². The second-order valence-electron chi connectivity index (χ2n) is 4.56. The molecule has 1 amide bonds. The van der Waals surface area contributed by atoms with Gasteiger partial charge in [-0.1, -0.05) is 6.07 Å². The maximum absolute atomic E-state index is 12.6. The summed E-state index contributed by atoms with van der Waals surface area (Å²) in [7, 11) is 0. The van der Waals surface area contributed by atoms with E-state index in [1.165, 1.54) is 23.5 Å². The fourth-order valence-corrected chi connectivity index (χ4v) is 2.75. The molecule has 3 rings (SSSR count). The largest absolute Gasteiger partial charge is 0.416 e. The Balaban J connectivity index is 1.84. The van der Waals surface area contributed by atoms with E-state index in [0.29, 0.717) is 0 Å². The van der Waals surface area contributed by atoms with E-state index in [1.54, 1.807) is 12.3 Å². The van der Waals surface area contributed by atoms with Gasteiger partial charge in [-0.15, -0.1) is 11.3 Å². The zero-order valence-corrected chi connectivity index (χ0v) is 11.8. The summed E-state index contributed by atoms with van der Waals surface area (Å²) in [5.74, 6) is -0.547. The molecule has 2 aromatic heterocycles. The number of halogens is 3. The first-order valence-corrected chi connectivity index (χ1v) is 7.13. The lowest BCUT2D eigenvalue weighted by atomic mass is 10.2. The van der Waals surface area contributed by atoms with Crippen LogP contribution in [0.5, 0.6) is 0 Å². The molecule has 0 aliphatic carbocycles. The molecule has 0 aliphatic heterocycles. The van der Waals surface area contributed by atoms with Crippen LogP contribution in [-0.4, -0.2) is 10.9 Å². The summed E-state index contributed by atoms with van der Waals surface area (Å²) in [6.07, 6.45) is -2.89. The highest BCUT2D eigenvalue weighted by molar-refractivity contribution is 7.17. The molecular weight excluding hydrogens is 313 g/mol. The second-order valence-corrected chi connectivity index (χ2v) is 5.51. The third-order valence-corrected chi connectivity index (χ3v) is 3.90. The number of hydrogen-bond donors (Lipinski definition) is 1. The third-order valence-electron chi connectivity index (χ3n) is 3.02. The Bertz CT molecular complexity index is 842. The predicted molar refractivity (Wildman–Crippen MR) is 79.0 cm³/mol. The number of aromatic nitrogens is 1. The zero-order chi connectivity index (χ0) is 15.7. The van der Waals surface area contributed by atoms with Crippen LogP contribution in [0.15, 0.2) is 48.0 Å². The topological polar surface area (TPSA) is 42.0 Å². The Kier molecular flexibility index (Phi) is 3.58. The smallest absolute Gasteiger partial charge is 0.321 e. The van der Waals surface area contributed by atoms with Crippen molar-refractivity contribution < 1.29 is 18.0 Å². The number of amides is 1. The number of rotatable bonds is 2. The summed E-state index contributed by atoms with van der Waals surface area (Å²) in [5, 5.41) is 5.22. The third kappa shape index (κ3) is 2.94. The van der Waals surface area contributed by atoms with Gasteiger partial charge in [-0.3, -0.25) is 9.78 Å². The molecule has 1 N–H and O–H groups in total. The Hall–Kier alpha value is -2.41. The van der Waals surface area contributed by atoms with Gasteiger partial charge in [0.15, 0.2) is 0 Å². The van der Waals surface area contributed by atoms with E-state index in [4.69, 9.17) is 0 Å². The summed E-state index contributed by atoms with van der Waals surface area (Å²) in [6.45, 7) is 0. The minimum atomic E-state index is -4.45. The second kappa shape index (κ2) is 5.42. The molecule has 0 radical (unpaired) electrons. The van der Waals surface area contributed by atoms with Gasteiger partial charge < -0.3 is 5.32 Å². The van der Waals surface area contributed by atoms with Gasteiger partial charge in [0.2, 0.25) is 0 Å². The van der Waals surface area contributed by atoms with Crippen LogP contribution in [0.2, 0.25) is 0 Å². The molecule has 0 spiro atoms. The van der Waals surface area contributed by atoms with Gasteiger partial charge in [0.05, 0.1) is 5.56 Å². The summed E-state index contributed by atoms with van der Waals surface area (Å²) in [6, 6.07) is 7.97. The van der Waals surface area contributed by atoms with Gasteiger partial charge in [0, 0.05) is 22.0 Å². The summed E-state index contributed by atoms with van der Waals surface area (Å²) >= 11 is 1.46. The van der Waals surface area contributed by atoms with Gasteiger partial charge >= 0.3 is 6.18 Å². The molecular formula is C15H9F3N2OS. The summed E-state index contributed by atoms with van der Waals surface area (Å²) in [5.41, 5.74) is -0.577. The zero-order valence-electron chi connectivity index (χ0n) is 11.0. The maximum atomic E-state index is 12.6. The fourth-order valence-electron chi connectivity index (χ4n) is 1.95. The molecule has 1 aromatic carbocycles. The van der Waals surface area contributed by atoms with E-state index in [1.807, 2.05) is 11.4 Å². The van der Waals surface area contributed by atoms with Crippen molar-refractivity contribution in [1.82, 2.24) is 4.98 Å². The van der Waals surface area contributed by atoms with Crippen LogP contribution in [0.3, 0.4) is 0 Å². The number of thiophene rings is 1. The molecule has 0 saturated heterocycles. The average Bonchev–Trinajstić information content (AvgIpc) is 2.94. The molecule has 2 heterocycles. The highest BCUT2D eigenvalue weighted by Crippen LogP contribution is 2.30. The van der Waals surface area contributed by atoms with Crippen molar-refractivity contribution in [2.75, 3.05) is 5.32 Å². The number of carbonyl (C=O) groups excluding carboxylic acids is 1. The van der Waals surface area contributed by atoms with Crippen molar-refractivity contribution in [1.29, 1.82) is 0 Å². The van der Waals surface area contributed by atoms with Crippen LogP contribution in [-0.2, 0) is 6.18 Å². The van der Waals surface area contributed by atoms with Crippen molar-refractivity contribution >= 4 is 33.0 Å². The monoisotopic (exact) mass is 322 g/mol. The normalized spacial score (nSPS) is 11.6. The van der Waals surface area contributed by atoms with Gasteiger partial charge in [0.25, 0.3) is 5.91 Å². The lowest BCUT2D eigenvalue weighted by Gasteiger charge is -2.09. The molecule has 0 aliphatic rings. The Morgan fingerprint density at radius 2 is 2.00 bits per heavy atom. The van der Waals surface area contributed by atoms with Crippen molar-refractivity contribution in [3.8, 4) is 0 Å². The minimum Gasteiger partial charge on any atom is -0.321 e. The lowest BCUT2D eigenvalue weighted by molar-refractivity contribution is -0.137. The van der Waals surface area contributed by atoms with E-state index in [9.17, 15) is 18.0 Å². The molecule has 0 unspecified atom stereocenters. The molecule has 3 nitrogen and oxygen atoms in total. The standard InChI is InChI=1S/C15H9F3N2OS/c16-15(17,18)10-2-1-3-11(6-10)20-14(21)12-7-13-9(8-19-12)4-5-22-13/h1-8H,(H,20,21). The highest BCUT2D eigenvalue weighted by atomic mass is 32.1. The molecule has 3 aromatic rings. The van der Waals surface area contributed by atoms with Crippen molar-refractivity contribution in [2.45, 2.75) is 6.18 Å². The van der Waals surface area contributed by atoms with Crippen molar-refractivity contribution in [3.63, 3.8) is 0 Å². The Labute approximate surface area is 127 Å². The number of fused-ring (bicyclic) bond motifs is 1. The Morgan fingerprint density at radius 1 is 1.18 bits per heavy atom. The van der Waals surface area contributed by atoms with Crippen LogP contribution < -0.4 is 5.32 Å². The number of benzene rings is 1. The number of nitrogens with one attached hydrogen (secondary N) is 1.